The highest BCUT2D eigenvalue weighted by atomic mass is 16.6. The van der Waals surface area contributed by atoms with Crippen molar-refractivity contribution >= 4 is 17.9 Å². The zero-order chi connectivity index (χ0) is 27.8. The van der Waals surface area contributed by atoms with E-state index in [-0.39, 0.29) is 24.9 Å². The van der Waals surface area contributed by atoms with Crippen molar-refractivity contribution in [3.63, 3.8) is 0 Å². The van der Waals surface area contributed by atoms with Crippen LogP contribution in [0, 0.1) is 13.8 Å². The van der Waals surface area contributed by atoms with Crippen molar-refractivity contribution in [1.82, 2.24) is 15.5 Å². The molecule has 0 heterocycles. The van der Waals surface area contributed by atoms with E-state index in [0.717, 1.165) is 22.3 Å². The smallest absolute Gasteiger partial charge is 0.408 e. The summed E-state index contributed by atoms with van der Waals surface area (Å²) in [5.41, 5.74) is 2.72. The molecular weight excluding hydrogens is 466 g/mol. The highest BCUT2D eigenvalue weighted by Crippen LogP contribution is 2.27. The molecule has 2 aromatic rings. The molecule has 0 fully saturated rings. The van der Waals surface area contributed by atoms with Crippen LogP contribution in [-0.2, 0) is 20.7 Å². The molecule has 7 nitrogen and oxygen atoms in total. The number of hydrogen-bond donors (Lipinski definition) is 2. The summed E-state index contributed by atoms with van der Waals surface area (Å²) >= 11 is 0. The number of benzene rings is 2. The van der Waals surface area contributed by atoms with Gasteiger partial charge in [-0.15, -0.1) is 6.58 Å². The quantitative estimate of drug-likeness (QED) is 0.442. The van der Waals surface area contributed by atoms with Crippen LogP contribution in [0.5, 0.6) is 0 Å². The second-order valence-corrected chi connectivity index (χ2v) is 10.6. The minimum Gasteiger partial charge on any atom is -0.444 e. The van der Waals surface area contributed by atoms with E-state index in [2.05, 4.69) is 17.2 Å². The van der Waals surface area contributed by atoms with E-state index in [1.807, 2.05) is 76.2 Å². The van der Waals surface area contributed by atoms with Gasteiger partial charge in [-0.1, -0.05) is 60.2 Å². The number of aryl methyl sites for hydroxylation is 2. The summed E-state index contributed by atoms with van der Waals surface area (Å²) in [6, 6.07) is 13.3. The lowest BCUT2D eigenvalue weighted by Gasteiger charge is -2.35. The fourth-order valence-electron chi connectivity index (χ4n) is 4.03. The summed E-state index contributed by atoms with van der Waals surface area (Å²) < 4.78 is 5.46. The number of hydrogen-bond acceptors (Lipinski definition) is 4. The van der Waals surface area contributed by atoms with Gasteiger partial charge >= 0.3 is 6.09 Å². The lowest BCUT2D eigenvalue weighted by Crippen LogP contribution is -2.54. The maximum Gasteiger partial charge on any atom is 0.408 e. The molecule has 0 spiro atoms. The average molecular weight is 508 g/mol. The van der Waals surface area contributed by atoms with Crippen molar-refractivity contribution in [3.05, 3.63) is 83.4 Å². The van der Waals surface area contributed by atoms with Crippen LogP contribution in [0.4, 0.5) is 4.79 Å². The highest BCUT2D eigenvalue weighted by molar-refractivity contribution is 5.92. The summed E-state index contributed by atoms with van der Waals surface area (Å²) in [5.74, 6) is -0.700. The zero-order valence-corrected chi connectivity index (χ0v) is 23.1. The standard InChI is InChI=1S/C30H41N3O4/c1-9-17-33(26(27(34)31-20(2)3)24-18-21(4)15-16-22(24)5)28(35)25(19-23-13-11-10-12-14-23)32-29(36)37-30(6,7)8/h9-16,18,20,25-26H,1,17,19H2,2-8H3,(H,31,34)(H,32,36). The number of amides is 3. The van der Waals surface area contributed by atoms with Crippen LogP contribution in [0.3, 0.4) is 0 Å². The molecule has 0 saturated heterocycles. The van der Waals surface area contributed by atoms with Crippen LogP contribution in [0.15, 0.2) is 61.2 Å². The Morgan fingerprint density at radius 2 is 1.68 bits per heavy atom. The van der Waals surface area contributed by atoms with Crippen molar-refractivity contribution in [2.75, 3.05) is 6.54 Å². The molecule has 0 aliphatic rings. The molecule has 0 aliphatic carbocycles. The van der Waals surface area contributed by atoms with Gasteiger partial charge in [0, 0.05) is 19.0 Å². The summed E-state index contributed by atoms with van der Waals surface area (Å²) in [5, 5.41) is 5.72. The molecule has 0 saturated carbocycles. The third-order valence-corrected chi connectivity index (χ3v) is 5.60. The number of ether oxygens (including phenoxy) is 1. The number of carbonyl (C=O) groups excluding carboxylic acids is 3. The van der Waals surface area contributed by atoms with Gasteiger partial charge in [0.2, 0.25) is 11.8 Å². The minimum atomic E-state index is -0.961. The lowest BCUT2D eigenvalue weighted by atomic mass is 9.95. The molecule has 0 bridgehead atoms. The molecule has 0 aliphatic heterocycles. The lowest BCUT2D eigenvalue weighted by molar-refractivity contribution is -0.142. The van der Waals surface area contributed by atoms with Gasteiger partial charge in [0.15, 0.2) is 0 Å². The monoisotopic (exact) mass is 507 g/mol. The summed E-state index contributed by atoms with van der Waals surface area (Å²) in [7, 11) is 0. The van der Waals surface area contributed by atoms with Gasteiger partial charge in [0.05, 0.1) is 0 Å². The molecule has 0 radical (unpaired) electrons. The first-order valence-electron chi connectivity index (χ1n) is 12.6. The third-order valence-electron chi connectivity index (χ3n) is 5.60. The molecule has 2 aromatic carbocycles. The van der Waals surface area contributed by atoms with Crippen LogP contribution < -0.4 is 10.6 Å². The van der Waals surface area contributed by atoms with Gasteiger partial charge in [-0.25, -0.2) is 4.79 Å². The number of rotatable bonds is 10. The highest BCUT2D eigenvalue weighted by Gasteiger charge is 2.36. The fraction of sp³-hybridized carbons (Fsp3) is 0.433. The SMILES string of the molecule is C=CCN(C(=O)C(Cc1ccccc1)NC(=O)OC(C)(C)C)C(C(=O)NC(C)C)c1cc(C)ccc1C. The average Bonchev–Trinajstić information content (AvgIpc) is 2.79. The third kappa shape index (κ3) is 9.08. The number of nitrogens with one attached hydrogen (secondary N) is 2. The molecule has 2 N–H and O–H groups in total. The first kappa shape index (κ1) is 29.6. The van der Waals surface area contributed by atoms with Crippen molar-refractivity contribution in [2.45, 2.75) is 78.6 Å². The molecular formula is C30H41N3O4. The maximum atomic E-state index is 14.2. The Kier molecular flexibility index (Phi) is 10.5. The second kappa shape index (κ2) is 13.1. The van der Waals surface area contributed by atoms with Gasteiger partial charge in [-0.2, -0.15) is 0 Å². The first-order chi connectivity index (χ1) is 17.3. The van der Waals surface area contributed by atoms with Gasteiger partial charge in [-0.3, -0.25) is 9.59 Å². The van der Waals surface area contributed by atoms with Crippen LogP contribution in [0.1, 0.15) is 62.9 Å². The molecule has 2 unspecified atom stereocenters. The molecule has 37 heavy (non-hydrogen) atoms. The summed E-state index contributed by atoms with van der Waals surface area (Å²) in [6.07, 6.45) is 1.12. The van der Waals surface area contributed by atoms with Crippen LogP contribution >= 0.6 is 0 Å². The Balaban J connectivity index is 2.56. The minimum absolute atomic E-state index is 0.115. The second-order valence-electron chi connectivity index (χ2n) is 10.6. The van der Waals surface area contributed by atoms with Gasteiger partial charge in [0.1, 0.15) is 17.7 Å². The van der Waals surface area contributed by atoms with E-state index >= 15 is 0 Å². The van der Waals surface area contributed by atoms with Crippen molar-refractivity contribution in [2.24, 2.45) is 0 Å². The summed E-state index contributed by atoms with van der Waals surface area (Å²) in [4.78, 5) is 42.0. The van der Waals surface area contributed by atoms with Crippen molar-refractivity contribution in [3.8, 4) is 0 Å². The molecule has 2 rings (SSSR count). The normalized spacial score (nSPS) is 12.9. The van der Waals surface area contributed by atoms with Gasteiger partial charge in [0.25, 0.3) is 0 Å². The van der Waals surface area contributed by atoms with Crippen LogP contribution in [-0.4, -0.2) is 47.0 Å². The van der Waals surface area contributed by atoms with E-state index in [9.17, 15) is 14.4 Å². The Morgan fingerprint density at radius 1 is 1.03 bits per heavy atom. The molecule has 7 heteroatoms. The molecule has 3 amide bonds. The number of carbonyl (C=O) groups is 3. The van der Waals surface area contributed by atoms with Crippen LogP contribution in [0.2, 0.25) is 0 Å². The zero-order valence-electron chi connectivity index (χ0n) is 23.1. The van der Waals surface area contributed by atoms with Gasteiger partial charge < -0.3 is 20.3 Å². The predicted octanol–water partition coefficient (Wildman–Crippen LogP) is 5.02. The van der Waals surface area contributed by atoms with E-state index in [1.165, 1.54) is 4.90 Å². The topological polar surface area (TPSA) is 87.7 Å². The molecule has 200 valence electrons. The fourth-order valence-corrected chi connectivity index (χ4v) is 4.03. The van der Waals surface area contributed by atoms with E-state index in [4.69, 9.17) is 4.74 Å². The maximum absolute atomic E-state index is 14.2. The Morgan fingerprint density at radius 3 is 2.24 bits per heavy atom. The van der Waals surface area contributed by atoms with E-state index in [1.54, 1.807) is 26.8 Å². The Bertz CT molecular complexity index is 1090. The summed E-state index contributed by atoms with van der Waals surface area (Å²) in [6.45, 7) is 16.8. The van der Waals surface area contributed by atoms with E-state index < -0.39 is 29.7 Å². The largest absolute Gasteiger partial charge is 0.444 e. The molecule has 2 atom stereocenters. The first-order valence-corrected chi connectivity index (χ1v) is 12.6. The Hall–Kier alpha value is -3.61. The molecule has 0 aromatic heterocycles. The Labute approximate surface area is 221 Å². The number of alkyl carbamates (subject to hydrolysis) is 1. The number of nitrogens with zero attached hydrogens (tertiary/aromatic N) is 1. The van der Waals surface area contributed by atoms with Crippen LogP contribution in [0.25, 0.3) is 0 Å². The van der Waals surface area contributed by atoms with Gasteiger partial charge in [-0.05, 0) is 65.2 Å². The predicted molar refractivity (Wildman–Crippen MR) is 147 cm³/mol. The van der Waals surface area contributed by atoms with E-state index in [0.29, 0.717) is 0 Å². The van der Waals surface area contributed by atoms with Crippen molar-refractivity contribution < 1.29 is 19.1 Å². The van der Waals surface area contributed by atoms with Crippen molar-refractivity contribution in [1.29, 1.82) is 0 Å².